The van der Waals surface area contributed by atoms with Crippen molar-refractivity contribution >= 4 is 17.9 Å². The molecular weight excluding hydrogens is 805 g/mol. The summed E-state index contributed by atoms with van der Waals surface area (Å²) in [6.45, 7) is 9.06. The average Bonchev–Trinajstić information content (AvgIpc) is 3.29. The van der Waals surface area contributed by atoms with Gasteiger partial charge in [-0.3, -0.25) is 14.4 Å². The summed E-state index contributed by atoms with van der Waals surface area (Å²) in [6.07, 6.45) is 58.2. The van der Waals surface area contributed by atoms with Gasteiger partial charge in [0.15, 0.2) is 6.10 Å². The van der Waals surface area contributed by atoms with Crippen LogP contribution in [-0.2, 0) is 28.6 Å². The molecule has 0 radical (unpaired) electrons. The van der Waals surface area contributed by atoms with Crippen molar-refractivity contribution in [1.82, 2.24) is 0 Å². The molecule has 0 N–H and O–H groups in total. The molecule has 0 aromatic heterocycles. The molecule has 0 amide bonds. The summed E-state index contributed by atoms with van der Waals surface area (Å²) < 4.78 is 16.9. The maximum atomic E-state index is 12.8. The van der Waals surface area contributed by atoms with E-state index >= 15 is 0 Å². The second-order valence-corrected chi connectivity index (χ2v) is 20.8. The van der Waals surface area contributed by atoms with Gasteiger partial charge >= 0.3 is 17.9 Å². The van der Waals surface area contributed by atoms with Gasteiger partial charge in [-0.2, -0.15) is 0 Å². The van der Waals surface area contributed by atoms with Crippen LogP contribution in [0.5, 0.6) is 0 Å². The van der Waals surface area contributed by atoms with Crippen molar-refractivity contribution in [3.8, 4) is 0 Å². The maximum Gasteiger partial charge on any atom is 0.306 e. The summed E-state index contributed by atoms with van der Waals surface area (Å²) in [4.78, 5) is 38.0. The molecule has 65 heavy (non-hydrogen) atoms. The molecule has 6 nitrogen and oxygen atoms in total. The topological polar surface area (TPSA) is 78.9 Å². The van der Waals surface area contributed by atoms with E-state index < -0.39 is 6.10 Å². The monoisotopic (exact) mass is 919 g/mol. The standard InChI is InChI=1S/C59H114O6/c1-5-7-9-11-13-15-16-17-18-21-26-29-32-36-40-44-48-52-59(62)65-56(53-63-57(60)50-46-42-38-33-14-12-10-8-6-2)54-64-58(61)51-47-43-39-35-31-28-25-23-20-19-22-24-27-30-34-37-41-45-49-55(3)4/h55-56H,5-54H2,1-4H3/t56-/m1/s1. The van der Waals surface area contributed by atoms with Gasteiger partial charge in [0.25, 0.3) is 0 Å². The molecule has 0 heterocycles. The zero-order valence-electron chi connectivity index (χ0n) is 44.5. The Morgan fingerprint density at radius 1 is 0.292 bits per heavy atom. The lowest BCUT2D eigenvalue weighted by Crippen LogP contribution is -2.30. The Morgan fingerprint density at radius 2 is 0.508 bits per heavy atom. The molecule has 0 spiro atoms. The lowest BCUT2D eigenvalue weighted by atomic mass is 10.0. The largest absolute Gasteiger partial charge is 0.462 e. The molecule has 1 atom stereocenters. The molecule has 386 valence electrons. The number of ether oxygens (including phenoxy) is 3. The minimum Gasteiger partial charge on any atom is -0.462 e. The average molecular weight is 920 g/mol. The van der Waals surface area contributed by atoms with Crippen LogP contribution in [0.2, 0.25) is 0 Å². The van der Waals surface area contributed by atoms with Gasteiger partial charge in [0.1, 0.15) is 13.2 Å². The van der Waals surface area contributed by atoms with Crippen LogP contribution < -0.4 is 0 Å². The highest BCUT2D eigenvalue weighted by Crippen LogP contribution is 2.18. The number of carbonyl (C=O) groups is 3. The van der Waals surface area contributed by atoms with E-state index in [4.69, 9.17) is 14.2 Å². The molecule has 0 aliphatic rings. The number of unbranched alkanes of at least 4 members (excludes halogenated alkanes) is 41. The lowest BCUT2D eigenvalue weighted by Gasteiger charge is -2.18. The van der Waals surface area contributed by atoms with Gasteiger partial charge < -0.3 is 14.2 Å². The van der Waals surface area contributed by atoms with Crippen LogP contribution in [-0.4, -0.2) is 37.2 Å². The Bertz CT molecular complexity index is 980. The van der Waals surface area contributed by atoms with Crippen molar-refractivity contribution in [2.24, 2.45) is 5.92 Å². The van der Waals surface area contributed by atoms with Gasteiger partial charge in [-0.25, -0.2) is 0 Å². The third-order valence-corrected chi connectivity index (χ3v) is 13.5. The first-order valence-electron chi connectivity index (χ1n) is 29.4. The van der Waals surface area contributed by atoms with Crippen LogP contribution in [0, 0.1) is 5.92 Å². The fraction of sp³-hybridized carbons (Fsp3) is 0.949. The predicted octanol–water partition coefficient (Wildman–Crippen LogP) is 19.4. The van der Waals surface area contributed by atoms with Gasteiger partial charge in [-0.05, 0) is 25.2 Å². The molecule has 0 saturated heterocycles. The highest BCUT2D eigenvalue weighted by atomic mass is 16.6. The number of carbonyl (C=O) groups excluding carboxylic acids is 3. The Kier molecular flexibility index (Phi) is 52.1. The quantitative estimate of drug-likeness (QED) is 0.0344. The van der Waals surface area contributed by atoms with E-state index in [0.29, 0.717) is 19.3 Å². The normalized spacial score (nSPS) is 12.0. The molecule has 0 unspecified atom stereocenters. The smallest absolute Gasteiger partial charge is 0.306 e. The van der Waals surface area contributed by atoms with Gasteiger partial charge in [0, 0.05) is 19.3 Å². The summed E-state index contributed by atoms with van der Waals surface area (Å²) in [5, 5.41) is 0. The van der Waals surface area contributed by atoms with E-state index in [0.717, 1.165) is 63.7 Å². The van der Waals surface area contributed by atoms with E-state index in [9.17, 15) is 14.4 Å². The molecule has 0 aromatic rings. The predicted molar refractivity (Wildman–Crippen MR) is 280 cm³/mol. The Labute approximate surface area is 406 Å². The summed E-state index contributed by atoms with van der Waals surface area (Å²) >= 11 is 0. The molecule has 0 fully saturated rings. The second kappa shape index (κ2) is 53.4. The van der Waals surface area contributed by atoms with Gasteiger partial charge in [0.2, 0.25) is 0 Å². The van der Waals surface area contributed by atoms with E-state index in [1.165, 1.54) is 231 Å². The van der Waals surface area contributed by atoms with E-state index in [1.807, 2.05) is 0 Å². The molecule has 6 heteroatoms. The molecule has 0 aromatic carbocycles. The molecular formula is C59H114O6. The fourth-order valence-electron chi connectivity index (χ4n) is 9.10. The highest BCUT2D eigenvalue weighted by molar-refractivity contribution is 5.71. The van der Waals surface area contributed by atoms with Crippen LogP contribution in [0.3, 0.4) is 0 Å². The Balaban J connectivity index is 4.18. The van der Waals surface area contributed by atoms with Crippen LogP contribution in [0.15, 0.2) is 0 Å². The van der Waals surface area contributed by atoms with Crippen molar-refractivity contribution in [2.75, 3.05) is 13.2 Å². The van der Waals surface area contributed by atoms with Crippen molar-refractivity contribution in [3.05, 3.63) is 0 Å². The van der Waals surface area contributed by atoms with Crippen molar-refractivity contribution in [1.29, 1.82) is 0 Å². The zero-order chi connectivity index (χ0) is 47.4. The molecule has 0 saturated carbocycles. The number of rotatable bonds is 54. The third kappa shape index (κ3) is 53.2. The van der Waals surface area contributed by atoms with Crippen LogP contribution in [0.4, 0.5) is 0 Å². The van der Waals surface area contributed by atoms with Gasteiger partial charge in [-0.15, -0.1) is 0 Å². The second-order valence-electron chi connectivity index (χ2n) is 20.8. The molecule has 0 aliphatic carbocycles. The maximum absolute atomic E-state index is 12.8. The molecule has 0 rings (SSSR count). The highest BCUT2D eigenvalue weighted by Gasteiger charge is 2.19. The first-order chi connectivity index (χ1) is 31.9. The summed E-state index contributed by atoms with van der Waals surface area (Å²) in [7, 11) is 0. The Morgan fingerprint density at radius 3 is 0.754 bits per heavy atom. The van der Waals surface area contributed by atoms with Gasteiger partial charge in [0.05, 0.1) is 0 Å². The summed E-state index contributed by atoms with van der Waals surface area (Å²) in [5.74, 6) is 0.0213. The fourth-order valence-corrected chi connectivity index (χ4v) is 9.10. The number of esters is 3. The number of hydrogen-bond donors (Lipinski definition) is 0. The number of hydrogen-bond acceptors (Lipinski definition) is 6. The third-order valence-electron chi connectivity index (χ3n) is 13.5. The van der Waals surface area contributed by atoms with Gasteiger partial charge in [-0.1, -0.05) is 297 Å². The van der Waals surface area contributed by atoms with Crippen molar-refractivity contribution in [2.45, 2.75) is 342 Å². The summed E-state index contributed by atoms with van der Waals surface area (Å²) in [6, 6.07) is 0. The van der Waals surface area contributed by atoms with E-state index in [2.05, 4.69) is 27.7 Å². The van der Waals surface area contributed by atoms with E-state index in [1.54, 1.807) is 0 Å². The SMILES string of the molecule is CCCCCCCCCCCCCCCCCCCC(=O)O[C@H](COC(=O)CCCCCCCCCCC)COC(=O)CCCCCCCCCCCCCCCCCCCCC(C)C. The minimum atomic E-state index is -0.761. The van der Waals surface area contributed by atoms with E-state index in [-0.39, 0.29) is 31.1 Å². The van der Waals surface area contributed by atoms with Crippen molar-refractivity contribution in [3.63, 3.8) is 0 Å². The first-order valence-corrected chi connectivity index (χ1v) is 29.4. The zero-order valence-corrected chi connectivity index (χ0v) is 44.5. The molecule has 0 aliphatic heterocycles. The molecule has 0 bridgehead atoms. The van der Waals surface area contributed by atoms with Crippen LogP contribution >= 0.6 is 0 Å². The van der Waals surface area contributed by atoms with Crippen LogP contribution in [0.1, 0.15) is 336 Å². The van der Waals surface area contributed by atoms with Crippen LogP contribution in [0.25, 0.3) is 0 Å². The first kappa shape index (κ1) is 63.4. The minimum absolute atomic E-state index is 0.0619. The Hall–Kier alpha value is -1.59. The lowest BCUT2D eigenvalue weighted by molar-refractivity contribution is -0.167. The summed E-state index contributed by atoms with van der Waals surface area (Å²) in [5.41, 5.74) is 0. The van der Waals surface area contributed by atoms with Crippen molar-refractivity contribution < 1.29 is 28.6 Å².